The van der Waals surface area contributed by atoms with Gasteiger partial charge in [0.1, 0.15) is 22.9 Å². The number of fused-ring (bicyclic) bond motifs is 2. The fourth-order valence-corrected chi connectivity index (χ4v) is 4.03. The lowest BCUT2D eigenvalue weighted by molar-refractivity contribution is 0.0966. The van der Waals surface area contributed by atoms with Gasteiger partial charge in [0.25, 0.3) is 5.91 Å². The van der Waals surface area contributed by atoms with Crippen molar-refractivity contribution in [1.29, 1.82) is 0 Å². The molecule has 166 valence electrons. The van der Waals surface area contributed by atoms with Gasteiger partial charge in [0.2, 0.25) is 0 Å². The van der Waals surface area contributed by atoms with Gasteiger partial charge < -0.3 is 10.5 Å². The third-order valence-electron chi connectivity index (χ3n) is 5.52. The summed E-state index contributed by atoms with van der Waals surface area (Å²) >= 11 is 0. The number of primary amides is 1. The van der Waals surface area contributed by atoms with Crippen LogP contribution in [0.2, 0.25) is 0 Å². The first-order chi connectivity index (χ1) is 15.8. The third kappa shape index (κ3) is 3.36. The lowest BCUT2D eigenvalue weighted by atomic mass is 10.1. The van der Waals surface area contributed by atoms with E-state index in [0.29, 0.717) is 18.6 Å². The molecule has 2 aromatic carbocycles. The van der Waals surface area contributed by atoms with Crippen molar-refractivity contribution < 1.29 is 18.7 Å². The van der Waals surface area contributed by atoms with E-state index in [4.69, 9.17) is 10.5 Å². The van der Waals surface area contributed by atoms with Gasteiger partial charge in [-0.3, -0.25) is 14.2 Å². The van der Waals surface area contributed by atoms with E-state index in [-0.39, 0.29) is 34.2 Å². The SMILES string of the molecule is Cc1nc(C(N)=O)c2c(n1)n(-c1ccccc1F)c(=O)n2CC(=O)c1ccc2c(c1)CCO2. The first kappa shape index (κ1) is 20.6. The molecule has 0 fully saturated rings. The molecule has 1 aliphatic rings. The van der Waals surface area contributed by atoms with E-state index in [9.17, 15) is 18.8 Å². The van der Waals surface area contributed by atoms with Gasteiger partial charge in [-0.1, -0.05) is 12.1 Å². The van der Waals surface area contributed by atoms with Crippen LogP contribution in [0.15, 0.2) is 47.3 Å². The molecule has 33 heavy (non-hydrogen) atoms. The summed E-state index contributed by atoms with van der Waals surface area (Å²) in [4.78, 5) is 47.1. The molecule has 0 atom stereocenters. The standard InChI is InChI=1S/C23H18FN5O4/c1-12-26-19(21(25)31)20-22(27-12)29(16-5-3-2-4-15(16)24)23(32)28(20)11-17(30)13-6-7-18-14(10-13)8-9-33-18/h2-7,10H,8-9,11H2,1H3,(H2,25,31). The maximum atomic E-state index is 14.6. The van der Waals surface area contributed by atoms with E-state index < -0.39 is 24.0 Å². The Morgan fingerprint density at radius 3 is 2.73 bits per heavy atom. The van der Waals surface area contributed by atoms with E-state index in [1.54, 1.807) is 24.3 Å². The molecule has 0 saturated heterocycles. The number of amides is 1. The van der Waals surface area contributed by atoms with Gasteiger partial charge in [0.05, 0.1) is 18.8 Å². The molecule has 2 aromatic heterocycles. The zero-order valence-corrected chi connectivity index (χ0v) is 17.5. The molecule has 5 rings (SSSR count). The highest BCUT2D eigenvalue weighted by Crippen LogP contribution is 2.27. The quantitative estimate of drug-likeness (QED) is 0.467. The first-order valence-electron chi connectivity index (χ1n) is 10.2. The normalized spacial score (nSPS) is 12.5. The van der Waals surface area contributed by atoms with Crippen molar-refractivity contribution in [2.45, 2.75) is 19.9 Å². The molecule has 9 nitrogen and oxygen atoms in total. The minimum absolute atomic E-state index is 0.0125. The number of imidazole rings is 1. The van der Waals surface area contributed by atoms with Crippen molar-refractivity contribution in [3.8, 4) is 11.4 Å². The molecule has 0 aliphatic carbocycles. The van der Waals surface area contributed by atoms with Gasteiger partial charge in [-0.05, 0) is 42.8 Å². The Labute approximate surface area is 186 Å². The van der Waals surface area contributed by atoms with Gasteiger partial charge in [0, 0.05) is 12.0 Å². The average Bonchev–Trinajstić information content (AvgIpc) is 3.36. The highest BCUT2D eigenvalue weighted by molar-refractivity contribution is 6.03. The summed E-state index contributed by atoms with van der Waals surface area (Å²) in [5.41, 5.74) is 5.73. The lowest BCUT2D eigenvalue weighted by Gasteiger charge is -2.07. The van der Waals surface area contributed by atoms with Gasteiger partial charge in [0.15, 0.2) is 17.1 Å². The minimum atomic E-state index is -0.896. The summed E-state index contributed by atoms with van der Waals surface area (Å²) in [6.07, 6.45) is 0.682. The van der Waals surface area contributed by atoms with Crippen molar-refractivity contribution >= 4 is 22.9 Å². The van der Waals surface area contributed by atoms with E-state index in [0.717, 1.165) is 20.4 Å². The second-order valence-corrected chi connectivity index (χ2v) is 7.66. The second-order valence-electron chi connectivity index (χ2n) is 7.66. The predicted molar refractivity (Wildman–Crippen MR) is 116 cm³/mol. The number of ether oxygens (including phenoxy) is 1. The van der Waals surface area contributed by atoms with Crippen LogP contribution in [-0.4, -0.2) is 37.4 Å². The molecule has 10 heteroatoms. The zero-order chi connectivity index (χ0) is 23.3. The largest absolute Gasteiger partial charge is 0.493 e. The number of hydrogen-bond acceptors (Lipinski definition) is 6. The molecule has 2 N–H and O–H groups in total. The number of carbonyl (C=O) groups is 2. The maximum Gasteiger partial charge on any atom is 0.335 e. The minimum Gasteiger partial charge on any atom is -0.493 e. The van der Waals surface area contributed by atoms with Crippen LogP contribution < -0.4 is 16.2 Å². The summed E-state index contributed by atoms with van der Waals surface area (Å²) in [6, 6.07) is 10.7. The molecule has 0 saturated carbocycles. The Morgan fingerprint density at radius 2 is 1.97 bits per heavy atom. The van der Waals surface area contributed by atoms with Crippen LogP contribution in [0.5, 0.6) is 5.75 Å². The maximum absolute atomic E-state index is 14.6. The molecule has 0 spiro atoms. The third-order valence-corrected chi connectivity index (χ3v) is 5.52. The van der Waals surface area contributed by atoms with E-state index in [2.05, 4.69) is 9.97 Å². The molecule has 0 unspecified atom stereocenters. The monoisotopic (exact) mass is 447 g/mol. The number of Topliss-reactive ketones (excluding diaryl/α,β-unsaturated/α-hetero) is 1. The summed E-state index contributed by atoms with van der Waals surface area (Å²) in [5.74, 6) is -1.05. The topological polar surface area (TPSA) is 122 Å². The Kier molecular flexibility index (Phi) is 4.77. The number of aromatic nitrogens is 4. The van der Waals surface area contributed by atoms with Gasteiger partial charge in [-0.15, -0.1) is 0 Å². The number of hydrogen-bond donors (Lipinski definition) is 1. The van der Waals surface area contributed by atoms with Crippen molar-refractivity contribution in [3.63, 3.8) is 0 Å². The van der Waals surface area contributed by atoms with Crippen LogP contribution in [0.3, 0.4) is 0 Å². The smallest absolute Gasteiger partial charge is 0.335 e. The number of halogens is 1. The number of benzene rings is 2. The number of rotatable bonds is 5. The number of carbonyl (C=O) groups excluding carboxylic acids is 2. The lowest BCUT2D eigenvalue weighted by Crippen LogP contribution is -2.27. The number of nitrogens with two attached hydrogens (primary N) is 1. The molecule has 3 heterocycles. The van der Waals surface area contributed by atoms with E-state index >= 15 is 0 Å². The molecule has 4 aromatic rings. The van der Waals surface area contributed by atoms with Crippen LogP contribution >= 0.6 is 0 Å². The predicted octanol–water partition coefficient (Wildman–Crippen LogP) is 1.95. The molecule has 0 radical (unpaired) electrons. The molecular weight excluding hydrogens is 429 g/mol. The van der Waals surface area contributed by atoms with Crippen LogP contribution in [0.4, 0.5) is 4.39 Å². The Balaban J connectivity index is 1.72. The number of para-hydroxylation sites is 1. The first-order valence-corrected chi connectivity index (χ1v) is 10.2. The zero-order valence-electron chi connectivity index (χ0n) is 17.5. The fourth-order valence-electron chi connectivity index (χ4n) is 4.03. The Morgan fingerprint density at radius 1 is 1.18 bits per heavy atom. The van der Waals surface area contributed by atoms with Crippen LogP contribution in [0, 0.1) is 12.7 Å². The molecule has 1 amide bonds. The Hall–Kier alpha value is -4.34. The van der Waals surface area contributed by atoms with E-state index in [1.165, 1.54) is 25.1 Å². The van der Waals surface area contributed by atoms with Crippen LogP contribution in [-0.2, 0) is 13.0 Å². The van der Waals surface area contributed by atoms with Crippen molar-refractivity contribution in [2.24, 2.45) is 5.73 Å². The summed E-state index contributed by atoms with van der Waals surface area (Å²) in [7, 11) is 0. The number of nitrogens with zero attached hydrogens (tertiary/aromatic N) is 4. The summed E-state index contributed by atoms with van der Waals surface area (Å²) in [6.45, 7) is 1.65. The molecule has 1 aliphatic heterocycles. The summed E-state index contributed by atoms with van der Waals surface area (Å²) in [5, 5.41) is 0. The fraction of sp³-hybridized carbons (Fsp3) is 0.174. The molecular formula is C23H18FN5O4. The Bertz CT molecular complexity index is 1520. The van der Waals surface area contributed by atoms with E-state index in [1.807, 2.05) is 0 Å². The highest BCUT2D eigenvalue weighted by atomic mass is 19.1. The van der Waals surface area contributed by atoms with Crippen molar-refractivity contribution in [1.82, 2.24) is 19.1 Å². The number of aryl methyl sites for hydroxylation is 1. The van der Waals surface area contributed by atoms with Crippen molar-refractivity contribution in [3.05, 3.63) is 81.4 Å². The van der Waals surface area contributed by atoms with Gasteiger partial charge in [-0.2, -0.15) is 0 Å². The number of ketones is 1. The van der Waals surface area contributed by atoms with Crippen LogP contribution in [0.25, 0.3) is 16.9 Å². The molecule has 0 bridgehead atoms. The van der Waals surface area contributed by atoms with Crippen LogP contribution in [0.1, 0.15) is 32.2 Å². The van der Waals surface area contributed by atoms with Crippen molar-refractivity contribution in [2.75, 3.05) is 6.61 Å². The van der Waals surface area contributed by atoms with Gasteiger partial charge >= 0.3 is 5.69 Å². The average molecular weight is 447 g/mol. The highest BCUT2D eigenvalue weighted by Gasteiger charge is 2.26. The summed E-state index contributed by atoms with van der Waals surface area (Å²) < 4.78 is 22.2. The second kappa shape index (κ2) is 7.66. The van der Waals surface area contributed by atoms with Gasteiger partial charge in [-0.25, -0.2) is 23.7 Å².